The van der Waals surface area contributed by atoms with Crippen molar-refractivity contribution in [3.8, 4) is 28.8 Å². The molecule has 0 saturated carbocycles. The molecule has 2 aromatic carbocycles. The van der Waals surface area contributed by atoms with E-state index in [1.165, 1.54) is 12.1 Å². The van der Waals surface area contributed by atoms with E-state index in [-0.39, 0.29) is 29.8 Å². The number of hydrogen-bond donors (Lipinski definition) is 1. The van der Waals surface area contributed by atoms with Crippen molar-refractivity contribution in [2.24, 2.45) is 0 Å². The quantitative estimate of drug-likeness (QED) is 0.604. The Morgan fingerprint density at radius 2 is 2.08 bits per heavy atom. The summed E-state index contributed by atoms with van der Waals surface area (Å²) in [6, 6.07) is 11.6. The molecule has 26 heavy (non-hydrogen) atoms. The highest BCUT2D eigenvalue weighted by Gasteiger charge is 2.23. The van der Waals surface area contributed by atoms with Crippen molar-refractivity contribution < 1.29 is 13.9 Å². The van der Waals surface area contributed by atoms with Gasteiger partial charge in [0.05, 0.1) is 11.7 Å². The average molecular weight is 352 g/mol. The van der Waals surface area contributed by atoms with Crippen molar-refractivity contribution in [2.75, 3.05) is 0 Å². The smallest absolute Gasteiger partial charge is 0.258 e. The lowest BCUT2D eigenvalue weighted by atomic mass is 10.0. The normalized spacial score (nSPS) is 12.3. The van der Waals surface area contributed by atoms with Gasteiger partial charge < -0.3 is 14.5 Å². The summed E-state index contributed by atoms with van der Waals surface area (Å²) in [6.07, 6.45) is 0.322. The van der Waals surface area contributed by atoms with Crippen LogP contribution in [0.15, 0.2) is 47.3 Å². The molecule has 1 aliphatic rings. The Labute approximate surface area is 149 Å². The van der Waals surface area contributed by atoms with Gasteiger partial charge in [0.15, 0.2) is 0 Å². The minimum absolute atomic E-state index is 0.0426. The van der Waals surface area contributed by atoms with Crippen LogP contribution in [0, 0.1) is 5.82 Å². The third-order valence-electron chi connectivity index (χ3n) is 4.05. The number of H-pyrrole nitrogens is 1. The van der Waals surface area contributed by atoms with Gasteiger partial charge in [0, 0.05) is 17.5 Å². The monoisotopic (exact) mass is 352 g/mol. The molecule has 0 aliphatic carbocycles. The summed E-state index contributed by atoms with van der Waals surface area (Å²) in [5.74, 6) is 1.49. The van der Waals surface area contributed by atoms with Gasteiger partial charge in [-0.1, -0.05) is 12.1 Å². The largest absolute Gasteiger partial charge is 0.491 e. The summed E-state index contributed by atoms with van der Waals surface area (Å²) in [6.45, 7) is 3.89. The van der Waals surface area contributed by atoms with E-state index in [1.807, 2.05) is 38.1 Å². The fraction of sp³-hybridized carbons (Fsp3) is 0.200. The lowest BCUT2D eigenvalue weighted by molar-refractivity contribution is 0.242. The first-order chi connectivity index (χ1) is 12.5. The number of ether oxygens (including phenoxy) is 2. The Hall–Kier alpha value is -3.15. The van der Waals surface area contributed by atoms with Gasteiger partial charge in [0.25, 0.3) is 5.56 Å². The van der Waals surface area contributed by atoms with E-state index in [1.54, 1.807) is 6.07 Å². The van der Waals surface area contributed by atoms with Crippen LogP contribution in [0.25, 0.3) is 11.4 Å². The Morgan fingerprint density at radius 3 is 2.88 bits per heavy atom. The first kappa shape index (κ1) is 16.3. The molecule has 6 heteroatoms. The van der Waals surface area contributed by atoms with E-state index in [9.17, 15) is 9.18 Å². The average Bonchev–Trinajstić information content (AvgIpc) is 2.60. The Bertz CT molecular complexity index is 1040. The van der Waals surface area contributed by atoms with Crippen molar-refractivity contribution in [3.63, 3.8) is 0 Å². The van der Waals surface area contributed by atoms with Crippen molar-refractivity contribution in [3.05, 3.63) is 69.8 Å². The van der Waals surface area contributed by atoms with E-state index in [2.05, 4.69) is 9.97 Å². The fourth-order valence-electron chi connectivity index (χ4n) is 2.92. The molecule has 0 saturated heterocycles. The van der Waals surface area contributed by atoms with Gasteiger partial charge in [-0.25, -0.2) is 4.39 Å². The van der Waals surface area contributed by atoms with Crippen LogP contribution in [0.5, 0.6) is 17.4 Å². The number of aromatic nitrogens is 2. The number of aromatic amines is 1. The van der Waals surface area contributed by atoms with Crippen molar-refractivity contribution >= 4 is 0 Å². The van der Waals surface area contributed by atoms with Crippen molar-refractivity contribution in [1.82, 2.24) is 9.97 Å². The molecule has 1 aromatic heterocycles. The van der Waals surface area contributed by atoms with Gasteiger partial charge >= 0.3 is 0 Å². The zero-order valence-electron chi connectivity index (χ0n) is 14.4. The molecule has 4 rings (SSSR count). The lowest BCUT2D eigenvalue weighted by Gasteiger charge is -2.19. The topological polar surface area (TPSA) is 64.2 Å². The van der Waals surface area contributed by atoms with Gasteiger partial charge in [-0.2, -0.15) is 4.98 Å². The van der Waals surface area contributed by atoms with Gasteiger partial charge in [-0.15, -0.1) is 0 Å². The van der Waals surface area contributed by atoms with Gasteiger partial charge in [0.1, 0.15) is 23.1 Å². The summed E-state index contributed by atoms with van der Waals surface area (Å²) in [7, 11) is 0. The van der Waals surface area contributed by atoms with Gasteiger partial charge in [0.2, 0.25) is 5.88 Å². The minimum atomic E-state index is -0.362. The summed E-state index contributed by atoms with van der Waals surface area (Å²) in [5, 5.41) is 0. The van der Waals surface area contributed by atoms with E-state index in [0.29, 0.717) is 28.5 Å². The molecular formula is C20H17FN2O3. The third-order valence-corrected chi connectivity index (χ3v) is 4.05. The van der Waals surface area contributed by atoms with E-state index in [4.69, 9.17) is 9.47 Å². The van der Waals surface area contributed by atoms with Crippen LogP contribution >= 0.6 is 0 Å². The van der Waals surface area contributed by atoms with Crippen LogP contribution in [0.1, 0.15) is 25.0 Å². The SMILES string of the molecule is CC(C)Oc1cccc(-c2nc3c(c(=O)[nH]2)Cc2cc(F)ccc2O3)c1. The number of nitrogens with one attached hydrogen (secondary N) is 1. The molecule has 132 valence electrons. The Morgan fingerprint density at radius 1 is 1.23 bits per heavy atom. The molecule has 0 spiro atoms. The highest BCUT2D eigenvalue weighted by molar-refractivity contribution is 5.59. The van der Waals surface area contributed by atoms with Crippen LogP contribution in [-0.4, -0.2) is 16.1 Å². The van der Waals surface area contributed by atoms with Crippen LogP contribution in [0.4, 0.5) is 4.39 Å². The van der Waals surface area contributed by atoms with Crippen LogP contribution < -0.4 is 15.0 Å². The zero-order chi connectivity index (χ0) is 18.3. The van der Waals surface area contributed by atoms with Crippen molar-refractivity contribution in [1.29, 1.82) is 0 Å². The second-order valence-electron chi connectivity index (χ2n) is 6.42. The first-order valence-electron chi connectivity index (χ1n) is 8.36. The molecule has 1 N–H and O–H groups in total. The number of rotatable bonds is 3. The van der Waals surface area contributed by atoms with Crippen molar-refractivity contribution in [2.45, 2.75) is 26.4 Å². The van der Waals surface area contributed by atoms with Crippen LogP contribution in [0.2, 0.25) is 0 Å². The number of benzene rings is 2. The molecule has 0 fully saturated rings. The molecule has 2 heterocycles. The minimum Gasteiger partial charge on any atom is -0.491 e. The Balaban J connectivity index is 1.74. The summed E-state index contributed by atoms with van der Waals surface area (Å²) in [5.41, 5.74) is 1.44. The molecular weight excluding hydrogens is 335 g/mol. The number of fused-ring (bicyclic) bond motifs is 2. The maximum Gasteiger partial charge on any atom is 0.258 e. The molecule has 0 radical (unpaired) electrons. The van der Waals surface area contributed by atoms with E-state index >= 15 is 0 Å². The second-order valence-corrected chi connectivity index (χ2v) is 6.42. The predicted octanol–water partition coefficient (Wildman–Crippen LogP) is 4.06. The Kier molecular flexibility index (Phi) is 3.95. The third kappa shape index (κ3) is 3.06. The molecule has 0 unspecified atom stereocenters. The highest BCUT2D eigenvalue weighted by Crippen LogP contribution is 2.34. The maximum absolute atomic E-state index is 13.4. The van der Waals surface area contributed by atoms with Crippen LogP contribution in [0.3, 0.4) is 0 Å². The number of halogens is 1. The van der Waals surface area contributed by atoms with Crippen LogP contribution in [-0.2, 0) is 6.42 Å². The highest BCUT2D eigenvalue weighted by atomic mass is 19.1. The molecule has 5 nitrogen and oxygen atoms in total. The standard InChI is InChI=1S/C20H17FN2O3/c1-11(2)25-15-5-3-4-12(9-15)18-22-19(24)16-10-13-8-14(21)6-7-17(13)26-20(16)23-18/h3-9,11H,10H2,1-2H3,(H,22,23,24). The molecule has 0 amide bonds. The molecule has 0 atom stereocenters. The summed E-state index contributed by atoms with van der Waals surface area (Å²) >= 11 is 0. The maximum atomic E-state index is 13.4. The fourth-order valence-corrected chi connectivity index (χ4v) is 2.92. The second kappa shape index (κ2) is 6.29. The van der Waals surface area contributed by atoms with E-state index in [0.717, 1.165) is 5.56 Å². The summed E-state index contributed by atoms with van der Waals surface area (Å²) < 4.78 is 24.8. The molecule has 1 aliphatic heterocycles. The molecule has 0 bridgehead atoms. The number of nitrogens with zero attached hydrogens (tertiary/aromatic N) is 1. The number of hydrogen-bond acceptors (Lipinski definition) is 4. The van der Waals surface area contributed by atoms with Gasteiger partial charge in [-0.05, 0) is 44.2 Å². The summed E-state index contributed by atoms with van der Waals surface area (Å²) in [4.78, 5) is 19.8. The van der Waals surface area contributed by atoms with Gasteiger partial charge in [-0.3, -0.25) is 4.79 Å². The predicted molar refractivity (Wildman–Crippen MR) is 95.3 cm³/mol. The molecule has 3 aromatic rings. The lowest BCUT2D eigenvalue weighted by Crippen LogP contribution is -2.20. The zero-order valence-corrected chi connectivity index (χ0v) is 14.4. The van der Waals surface area contributed by atoms with E-state index < -0.39 is 0 Å². The first-order valence-corrected chi connectivity index (χ1v) is 8.36.